The van der Waals surface area contributed by atoms with Crippen molar-refractivity contribution in [1.82, 2.24) is 9.88 Å². The average Bonchev–Trinajstić information content (AvgIpc) is 2.49. The summed E-state index contributed by atoms with van der Waals surface area (Å²) in [7, 11) is 0. The summed E-state index contributed by atoms with van der Waals surface area (Å²) in [5.41, 5.74) is 5.64. The van der Waals surface area contributed by atoms with Gasteiger partial charge in [0.05, 0.1) is 5.02 Å². The number of carbonyl (C=O) groups is 2. The number of rotatable bonds is 4. The van der Waals surface area contributed by atoms with Crippen molar-refractivity contribution in [3.05, 3.63) is 23.4 Å². The summed E-state index contributed by atoms with van der Waals surface area (Å²) >= 11 is 5.76. The Morgan fingerprint density at radius 1 is 1.45 bits per heavy atom. The van der Waals surface area contributed by atoms with Gasteiger partial charge in [0.15, 0.2) is 0 Å². The highest BCUT2D eigenvalue weighted by molar-refractivity contribution is 6.30. The summed E-state index contributed by atoms with van der Waals surface area (Å²) in [6.45, 7) is 3.01. The Bertz CT molecular complexity index is 525. The van der Waals surface area contributed by atoms with Crippen molar-refractivity contribution >= 4 is 29.2 Å². The molecule has 0 bridgehead atoms. The Morgan fingerprint density at radius 2 is 2.14 bits per heavy atom. The number of piperidine rings is 1. The van der Waals surface area contributed by atoms with Crippen molar-refractivity contribution in [2.24, 2.45) is 11.7 Å². The molecular weight excluding hydrogens is 304 g/mol. The van der Waals surface area contributed by atoms with E-state index < -0.39 is 0 Å². The van der Waals surface area contributed by atoms with Crippen molar-refractivity contribution in [3.63, 3.8) is 0 Å². The zero-order valence-electron chi connectivity index (χ0n) is 12.6. The third-order valence-electron chi connectivity index (χ3n) is 3.69. The minimum absolute atomic E-state index is 0.0610. The second-order valence-electron chi connectivity index (χ2n) is 5.69. The Morgan fingerprint density at radius 3 is 2.68 bits per heavy atom. The number of hydrogen-bond acceptors (Lipinski definition) is 4. The molecule has 7 heteroatoms. The second-order valence-corrected chi connectivity index (χ2v) is 6.12. The lowest BCUT2D eigenvalue weighted by Gasteiger charge is -2.31. The summed E-state index contributed by atoms with van der Waals surface area (Å²) in [5, 5.41) is 3.31. The normalized spacial score (nSPS) is 17.1. The van der Waals surface area contributed by atoms with E-state index in [2.05, 4.69) is 10.3 Å². The van der Waals surface area contributed by atoms with E-state index >= 15 is 0 Å². The van der Waals surface area contributed by atoms with Crippen LogP contribution >= 0.6 is 11.6 Å². The molecule has 6 nitrogen and oxygen atoms in total. The number of aromatic nitrogens is 1. The van der Waals surface area contributed by atoms with Gasteiger partial charge in [-0.1, -0.05) is 11.6 Å². The molecule has 2 heterocycles. The maximum Gasteiger partial charge on any atom is 0.228 e. The lowest BCUT2D eigenvalue weighted by molar-refractivity contribution is -0.134. The van der Waals surface area contributed by atoms with Gasteiger partial charge in [-0.25, -0.2) is 4.98 Å². The molecule has 2 rings (SSSR count). The van der Waals surface area contributed by atoms with Crippen LogP contribution in [0.15, 0.2) is 18.3 Å². The van der Waals surface area contributed by atoms with E-state index in [1.807, 2.05) is 6.92 Å². The molecule has 1 unspecified atom stereocenters. The Kier molecular flexibility index (Phi) is 5.74. The number of amides is 2. The lowest BCUT2D eigenvalue weighted by atomic mass is 9.95. The van der Waals surface area contributed by atoms with Crippen LogP contribution in [0.2, 0.25) is 5.02 Å². The molecule has 3 N–H and O–H groups in total. The first kappa shape index (κ1) is 16.7. The number of carbonyl (C=O) groups excluding carboxylic acids is 2. The summed E-state index contributed by atoms with van der Waals surface area (Å²) < 4.78 is 0. The van der Waals surface area contributed by atoms with Crippen LogP contribution in [-0.4, -0.2) is 40.8 Å². The molecule has 2 amide bonds. The van der Waals surface area contributed by atoms with Crippen LogP contribution in [-0.2, 0) is 9.59 Å². The Balaban J connectivity index is 1.82. The van der Waals surface area contributed by atoms with Crippen LogP contribution in [0.5, 0.6) is 0 Å². The van der Waals surface area contributed by atoms with Crippen molar-refractivity contribution in [2.75, 3.05) is 18.4 Å². The third-order valence-corrected chi connectivity index (χ3v) is 3.92. The fourth-order valence-corrected chi connectivity index (χ4v) is 2.59. The Hall–Kier alpha value is -1.66. The number of halogens is 1. The standard InChI is InChI=1S/C15H21ClN4O2/c1-10(17)8-14(21)20-6-4-11(5-7-20)15(22)19-13-3-2-12(16)9-18-13/h2-3,9-11H,4-8,17H2,1H3,(H,18,19,22). The highest BCUT2D eigenvalue weighted by Crippen LogP contribution is 2.20. The maximum atomic E-state index is 12.2. The molecule has 1 saturated heterocycles. The number of hydrogen-bond donors (Lipinski definition) is 2. The van der Waals surface area contributed by atoms with Crippen LogP contribution in [0.4, 0.5) is 5.82 Å². The average molecular weight is 325 g/mol. The highest BCUT2D eigenvalue weighted by atomic mass is 35.5. The van der Waals surface area contributed by atoms with Gasteiger partial charge in [-0.05, 0) is 31.9 Å². The molecule has 1 aliphatic heterocycles. The zero-order valence-corrected chi connectivity index (χ0v) is 13.3. The summed E-state index contributed by atoms with van der Waals surface area (Å²) in [5.74, 6) is 0.393. The van der Waals surface area contributed by atoms with E-state index in [1.165, 1.54) is 6.20 Å². The molecule has 1 aliphatic rings. The first-order valence-corrected chi connectivity index (χ1v) is 7.79. The van der Waals surface area contributed by atoms with Crippen molar-refractivity contribution in [3.8, 4) is 0 Å². The van der Waals surface area contributed by atoms with Gasteiger partial charge in [-0.2, -0.15) is 0 Å². The smallest absolute Gasteiger partial charge is 0.228 e. The monoisotopic (exact) mass is 324 g/mol. The van der Waals surface area contributed by atoms with E-state index in [-0.39, 0.29) is 23.8 Å². The summed E-state index contributed by atoms with van der Waals surface area (Å²) in [6, 6.07) is 3.21. The molecule has 0 aromatic carbocycles. The molecule has 1 aromatic heterocycles. The van der Waals surface area contributed by atoms with Gasteiger partial charge >= 0.3 is 0 Å². The molecule has 22 heavy (non-hydrogen) atoms. The number of nitrogens with two attached hydrogens (primary N) is 1. The van der Waals surface area contributed by atoms with E-state index in [4.69, 9.17) is 17.3 Å². The number of likely N-dealkylation sites (tertiary alicyclic amines) is 1. The van der Waals surface area contributed by atoms with Crippen LogP contribution in [0.25, 0.3) is 0 Å². The molecular formula is C15H21ClN4O2. The third kappa shape index (κ3) is 4.68. The maximum absolute atomic E-state index is 12.2. The van der Waals surface area contributed by atoms with Gasteiger partial charge in [0.1, 0.15) is 5.82 Å². The number of anilines is 1. The van der Waals surface area contributed by atoms with Crippen LogP contribution in [0.3, 0.4) is 0 Å². The van der Waals surface area contributed by atoms with E-state index in [9.17, 15) is 9.59 Å². The fourth-order valence-electron chi connectivity index (χ4n) is 2.47. The molecule has 1 fully saturated rings. The fraction of sp³-hybridized carbons (Fsp3) is 0.533. The molecule has 0 saturated carbocycles. The molecule has 120 valence electrons. The highest BCUT2D eigenvalue weighted by Gasteiger charge is 2.27. The van der Waals surface area contributed by atoms with Crippen molar-refractivity contribution in [2.45, 2.75) is 32.2 Å². The van der Waals surface area contributed by atoms with Crippen molar-refractivity contribution < 1.29 is 9.59 Å². The van der Waals surface area contributed by atoms with E-state index in [0.717, 1.165) is 0 Å². The van der Waals surface area contributed by atoms with Crippen LogP contribution in [0.1, 0.15) is 26.2 Å². The van der Waals surface area contributed by atoms with Gasteiger partial charge in [-0.3, -0.25) is 9.59 Å². The van der Waals surface area contributed by atoms with Gasteiger partial charge in [0.2, 0.25) is 11.8 Å². The summed E-state index contributed by atoms with van der Waals surface area (Å²) in [6.07, 6.45) is 3.16. The molecule has 0 aliphatic carbocycles. The zero-order chi connectivity index (χ0) is 16.1. The number of nitrogens with zero attached hydrogens (tertiary/aromatic N) is 2. The SMILES string of the molecule is CC(N)CC(=O)N1CCC(C(=O)Nc2ccc(Cl)cn2)CC1. The lowest BCUT2D eigenvalue weighted by Crippen LogP contribution is -2.42. The predicted octanol–water partition coefficient (Wildman–Crippen LogP) is 1.65. The van der Waals surface area contributed by atoms with Gasteiger partial charge in [0.25, 0.3) is 0 Å². The first-order valence-electron chi connectivity index (χ1n) is 7.41. The quantitative estimate of drug-likeness (QED) is 0.881. The minimum atomic E-state index is -0.135. The van der Waals surface area contributed by atoms with Gasteiger partial charge < -0.3 is 16.0 Å². The molecule has 1 atom stereocenters. The van der Waals surface area contributed by atoms with E-state index in [1.54, 1.807) is 17.0 Å². The Labute approximate surface area is 135 Å². The molecule has 0 spiro atoms. The second kappa shape index (κ2) is 7.56. The van der Waals surface area contributed by atoms with Crippen molar-refractivity contribution in [1.29, 1.82) is 0 Å². The van der Waals surface area contributed by atoms with Crippen LogP contribution in [0, 0.1) is 5.92 Å². The molecule has 0 radical (unpaired) electrons. The van der Waals surface area contributed by atoms with Crippen LogP contribution < -0.4 is 11.1 Å². The number of nitrogens with one attached hydrogen (secondary N) is 1. The first-order chi connectivity index (χ1) is 10.5. The van der Waals surface area contributed by atoms with E-state index in [0.29, 0.717) is 43.2 Å². The number of pyridine rings is 1. The summed E-state index contributed by atoms with van der Waals surface area (Å²) in [4.78, 5) is 30.0. The molecule has 1 aromatic rings. The van der Waals surface area contributed by atoms with Gasteiger partial charge in [0, 0.05) is 37.7 Å². The van der Waals surface area contributed by atoms with Gasteiger partial charge in [-0.15, -0.1) is 0 Å². The largest absolute Gasteiger partial charge is 0.343 e. The topological polar surface area (TPSA) is 88.3 Å². The predicted molar refractivity (Wildman–Crippen MR) is 85.4 cm³/mol. The minimum Gasteiger partial charge on any atom is -0.343 e.